The number of fused-ring (bicyclic) bond motifs is 1. The molecule has 1 aliphatic rings. The van der Waals surface area contributed by atoms with Gasteiger partial charge in [0.25, 0.3) is 0 Å². The summed E-state index contributed by atoms with van der Waals surface area (Å²) >= 11 is 5.43. The summed E-state index contributed by atoms with van der Waals surface area (Å²) in [5, 5.41) is 0. The fraction of sp³-hybridized carbons (Fsp3) is 0.538. The van der Waals surface area contributed by atoms with Gasteiger partial charge in [0.2, 0.25) is 0 Å². The van der Waals surface area contributed by atoms with E-state index in [4.69, 9.17) is 17.0 Å². The van der Waals surface area contributed by atoms with Gasteiger partial charge in [0, 0.05) is 24.8 Å². The molecule has 96 valence electrons. The highest BCUT2D eigenvalue weighted by atomic mass is 32.1. The first kappa shape index (κ1) is 11.9. The van der Waals surface area contributed by atoms with Crippen LogP contribution in [0.1, 0.15) is 24.9 Å². The molecular weight excluding hydrogens is 246 g/mol. The van der Waals surface area contributed by atoms with Gasteiger partial charge in [0.05, 0.1) is 12.1 Å². The zero-order chi connectivity index (χ0) is 12.7. The Morgan fingerprint density at radius 3 is 3.17 bits per heavy atom. The molecule has 2 unspecified atom stereocenters. The van der Waals surface area contributed by atoms with Crippen molar-refractivity contribution in [3.8, 4) is 0 Å². The molecule has 2 atom stereocenters. The van der Waals surface area contributed by atoms with Gasteiger partial charge in [-0.2, -0.15) is 0 Å². The third-order valence-corrected chi connectivity index (χ3v) is 4.05. The molecule has 4 nitrogen and oxygen atoms in total. The fourth-order valence-corrected chi connectivity index (χ4v) is 3.00. The first-order valence-corrected chi connectivity index (χ1v) is 6.72. The maximum Gasteiger partial charge on any atom is 0.179 e. The van der Waals surface area contributed by atoms with E-state index in [1.54, 1.807) is 0 Å². The number of ether oxygens (including phenoxy) is 1. The molecule has 0 aliphatic carbocycles. The number of nitrogens with one attached hydrogen (secondary N) is 1. The lowest BCUT2D eigenvalue weighted by atomic mass is 10.0. The van der Waals surface area contributed by atoms with E-state index in [-0.39, 0.29) is 0 Å². The number of aromatic nitrogens is 3. The van der Waals surface area contributed by atoms with E-state index in [9.17, 15) is 0 Å². The van der Waals surface area contributed by atoms with E-state index in [1.165, 1.54) is 0 Å². The molecule has 5 heteroatoms. The summed E-state index contributed by atoms with van der Waals surface area (Å²) < 4.78 is 8.35. The minimum absolute atomic E-state index is 0.323. The smallest absolute Gasteiger partial charge is 0.179 e. The molecule has 0 spiro atoms. The molecule has 1 fully saturated rings. The highest BCUT2D eigenvalue weighted by Crippen LogP contribution is 2.28. The Bertz CT molecular complexity index is 625. The van der Waals surface area contributed by atoms with Gasteiger partial charge in [-0.15, -0.1) is 0 Å². The Kier molecular flexibility index (Phi) is 2.95. The van der Waals surface area contributed by atoms with Crippen LogP contribution < -0.4 is 0 Å². The number of pyridine rings is 1. The van der Waals surface area contributed by atoms with E-state index in [2.05, 4.69) is 27.5 Å². The monoisotopic (exact) mass is 263 g/mol. The number of rotatable bonds is 2. The number of aryl methyl sites for hydroxylation is 1. The highest BCUT2D eigenvalue weighted by molar-refractivity contribution is 7.71. The second-order valence-electron chi connectivity index (χ2n) is 5.05. The standard InChI is InChI=1S/C13H17N3OS/c1-8-5-11-12(14-6-8)16(13(18)15-11)9(2)10-3-4-17-7-10/h5-6,9-10H,3-4,7H2,1-2H3,(H,15,18). The quantitative estimate of drug-likeness (QED) is 0.847. The topological polar surface area (TPSA) is 42.8 Å². The van der Waals surface area contributed by atoms with E-state index in [0.29, 0.717) is 12.0 Å². The molecule has 0 amide bonds. The lowest BCUT2D eigenvalue weighted by molar-refractivity contribution is 0.175. The number of aromatic amines is 1. The second kappa shape index (κ2) is 4.48. The summed E-state index contributed by atoms with van der Waals surface area (Å²) in [7, 11) is 0. The van der Waals surface area contributed by atoms with Gasteiger partial charge >= 0.3 is 0 Å². The SMILES string of the molecule is Cc1cnc2c(c1)[nH]c(=S)n2C(C)C1CCOC1. The van der Waals surface area contributed by atoms with Crippen molar-refractivity contribution in [2.24, 2.45) is 5.92 Å². The molecule has 0 aromatic carbocycles. The van der Waals surface area contributed by atoms with Gasteiger partial charge in [-0.05, 0) is 44.1 Å². The number of H-pyrrole nitrogens is 1. The second-order valence-corrected chi connectivity index (χ2v) is 5.43. The molecule has 1 N–H and O–H groups in total. The lowest BCUT2D eigenvalue weighted by Gasteiger charge is -2.19. The fourth-order valence-electron chi connectivity index (χ4n) is 2.64. The summed E-state index contributed by atoms with van der Waals surface area (Å²) in [6, 6.07) is 2.41. The van der Waals surface area contributed by atoms with Crippen LogP contribution in [0.4, 0.5) is 0 Å². The molecule has 18 heavy (non-hydrogen) atoms. The average molecular weight is 263 g/mol. The minimum atomic E-state index is 0.323. The van der Waals surface area contributed by atoms with Crippen LogP contribution in [0.5, 0.6) is 0 Å². The third-order valence-electron chi connectivity index (χ3n) is 3.75. The van der Waals surface area contributed by atoms with Gasteiger partial charge in [0.15, 0.2) is 10.4 Å². The Morgan fingerprint density at radius 2 is 2.44 bits per heavy atom. The molecule has 3 heterocycles. The Morgan fingerprint density at radius 1 is 1.61 bits per heavy atom. The summed E-state index contributed by atoms with van der Waals surface area (Å²) in [5.74, 6) is 0.527. The van der Waals surface area contributed by atoms with Crippen LogP contribution >= 0.6 is 12.2 Å². The van der Waals surface area contributed by atoms with Crippen LogP contribution in [0, 0.1) is 17.6 Å². The molecule has 2 aromatic rings. The van der Waals surface area contributed by atoms with Crippen LogP contribution in [0.3, 0.4) is 0 Å². The maximum atomic E-state index is 5.47. The van der Waals surface area contributed by atoms with Crippen molar-refractivity contribution < 1.29 is 4.74 Å². The molecule has 2 aromatic heterocycles. The van der Waals surface area contributed by atoms with Gasteiger partial charge < -0.3 is 9.72 Å². The van der Waals surface area contributed by atoms with Gasteiger partial charge in [-0.1, -0.05) is 0 Å². The van der Waals surface area contributed by atoms with Crippen molar-refractivity contribution in [1.82, 2.24) is 14.5 Å². The van der Waals surface area contributed by atoms with Crippen LogP contribution in [-0.2, 0) is 4.74 Å². The van der Waals surface area contributed by atoms with Crippen molar-refractivity contribution >= 4 is 23.4 Å². The number of hydrogen-bond acceptors (Lipinski definition) is 3. The number of nitrogens with zero attached hydrogens (tertiary/aromatic N) is 2. The normalized spacial score (nSPS) is 21.6. The zero-order valence-electron chi connectivity index (χ0n) is 10.6. The number of hydrogen-bond donors (Lipinski definition) is 1. The predicted octanol–water partition coefficient (Wildman–Crippen LogP) is 3.00. The maximum absolute atomic E-state index is 5.47. The van der Waals surface area contributed by atoms with Gasteiger partial charge in [0.1, 0.15) is 0 Å². The Balaban J connectivity index is 2.10. The van der Waals surface area contributed by atoms with Crippen LogP contribution in [-0.4, -0.2) is 27.7 Å². The first-order valence-electron chi connectivity index (χ1n) is 6.31. The van der Waals surface area contributed by atoms with Crippen molar-refractivity contribution in [3.63, 3.8) is 0 Å². The first-order chi connectivity index (χ1) is 8.66. The molecule has 3 rings (SSSR count). The summed E-state index contributed by atoms with van der Waals surface area (Å²) in [4.78, 5) is 7.76. The summed E-state index contributed by atoms with van der Waals surface area (Å²) in [6.45, 7) is 5.91. The molecule has 1 aliphatic heterocycles. The average Bonchev–Trinajstić information content (AvgIpc) is 2.94. The van der Waals surface area contributed by atoms with E-state index < -0.39 is 0 Å². The molecule has 0 saturated carbocycles. The molecule has 0 bridgehead atoms. The largest absolute Gasteiger partial charge is 0.381 e. The Hall–Kier alpha value is -1.20. The van der Waals surface area contributed by atoms with Crippen molar-refractivity contribution in [1.29, 1.82) is 0 Å². The van der Waals surface area contributed by atoms with Crippen LogP contribution in [0.2, 0.25) is 0 Å². The zero-order valence-corrected chi connectivity index (χ0v) is 11.5. The van der Waals surface area contributed by atoms with Crippen molar-refractivity contribution in [3.05, 3.63) is 22.6 Å². The molecule has 0 radical (unpaired) electrons. The minimum Gasteiger partial charge on any atom is -0.381 e. The third kappa shape index (κ3) is 1.87. The number of imidazole rings is 1. The van der Waals surface area contributed by atoms with E-state index >= 15 is 0 Å². The lowest BCUT2D eigenvalue weighted by Crippen LogP contribution is -2.17. The molecule has 1 saturated heterocycles. The van der Waals surface area contributed by atoms with E-state index in [0.717, 1.165) is 41.1 Å². The summed E-state index contributed by atoms with van der Waals surface area (Å²) in [5.41, 5.74) is 3.11. The van der Waals surface area contributed by atoms with Crippen molar-refractivity contribution in [2.75, 3.05) is 13.2 Å². The summed E-state index contributed by atoms with van der Waals surface area (Å²) in [6.07, 6.45) is 2.99. The van der Waals surface area contributed by atoms with Gasteiger partial charge in [-0.25, -0.2) is 4.98 Å². The Labute approximate surface area is 111 Å². The highest BCUT2D eigenvalue weighted by Gasteiger charge is 2.25. The van der Waals surface area contributed by atoms with Crippen molar-refractivity contribution in [2.45, 2.75) is 26.3 Å². The van der Waals surface area contributed by atoms with Crippen LogP contribution in [0.25, 0.3) is 11.2 Å². The predicted molar refractivity (Wildman–Crippen MR) is 73.3 cm³/mol. The molecular formula is C13H17N3OS. The van der Waals surface area contributed by atoms with Crippen LogP contribution in [0.15, 0.2) is 12.3 Å². The van der Waals surface area contributed by atoms with E-state index in [1.807, 2.05) is 13.1 Å². The van der Waals surface area contributed by atoms with Gasteiger partial charge in [-0.3, -0.25) is 4.57 Å².